The molecule has 0 unspecified atom stereocenters. The normalized spacial score (nSPS) is 10.4. The second-order valence-electron chi connectivity index (χ2n) is 10.0. The topological polar surface area (TPSA) is 0 Å². The van der Waals surface area contributed by atoms with Gasteiger partial charge in [0.25, 0.3) is 0 Å². The van der Waals surface area contributed by atoms with Gasteiger partial charge in [0.15, 0.2) is 0 Å². The minimum atomic E-state index is -1.84. The standard InChI is InChI=1S/2C17H15.C3H6.2ClH.Zr/c2*1-2-13-11-15-9-6-10-16(17(15)12-13)14-7-4-3-5-8-14;1-3-2;;;/h2*3-12H,2H2,1H3;1-2H3;2*1H;/q2*-1;;;;+2/p-2. The Morgan fingerprint density at radius 1 is 0.575 bits per heavy atom. The third-order valence-electron chi connectivity index (χ3n) is 6.99. The zero-order chi connectivity index (χ0) is 28.5. The molecule has 204 valence electrons. The van der Waals surface area contributed by atoms with E-state index in [0.29, 0.717) is 0 Å². The van der Waals surface area contributed by atoms with E-state index < -0.39 is 18.9 Å². The van der Waals surface area contributed by atoms with Crippen LogP contribution in [0.2, 0.25) is 0 Å². The van der Waals surface area contributed by atoms with Gasteiger partial charge in [-0.15, -0.1) is 69.1 Å². The van der Waals surface area contributed by atoms with Crippen molar-refractivity contribution < 1.29 is 18.9 Å². The maximum atomic E-state index is 5.54. The van der Waals surface area contributed by atoms with Gasteiger partial charge in [-0.2, -0.15) is 12.1 Å². The van der Waals surface area contributed by atoms with Gasteiger partial charge in [0.2, 0.25) is 0 Å². The molecule has 0 amide bonds. The third-order valence-corrected chi connectivity index (χ3v) is 13.3. The van der Waals surface area contributed by atoms with E-state index in [0.717, 1.165) is 12.8 Å². The fourth-order valence-corrected chi connectivity index (χ4v) is 4.74. The quantitative estimate of drug-likeness (QED) is 0.168. The van der Waals surface area contributed by atoms with Crippen LogP contribution >= 0.6 is 17.0 Å². The first kappa shape index (κ1) is 30.4. The summed E-state index contributed by atoms with van der Waals surface area (Å²) in [5.41, 5.74) is 8.11. The fraction of sp³-hybridized carbons (Fsp3) is 0.162. The van der Waals surface area contributed by atoms with Gasteiger partial charge >= 0.3 is 53.0 Å². The molecule has 0 bridgehead atoms. The van der Waals surface area contributed by atoms with Crippen LogP contribution in [-0.2, 0) is 31.7 Å². The van der Waals surface area contributed by atoms with Gasteiger partial charge in [-0.3, -0.25) is 0 Å². The van der Waals surface area contributed by atoms with Crippen molar-refractivity contribution >= 4 is 41.8 Å². The van der Waals surface area contributed by atoms with E-state index in [9.17, 15) is 0 Å². The van der Waals surface area contributed by atoms with Crippen LogP contribution in [0.5, 0.6) is 0 Å². The summed E-state index contributed by atoms with van der Waals surface area (Å²) >= 11 is -1.84. The van der Waals surface area contributed by atoms with Crippen molar-refractivity contribution in [2.24, 2.45) is 0 Å². The Balaban J connectivity index is 0.000000155. The van der Waals surface area contributed by atoms with E-state index in [4.69, 9.17) is 17.0 Å². The predicted molar refractivity (Wildman–Crippen MR) is 177 cm³/mol. The molecule has 0 heterocycles. The number of halogens is 2. The Morgan fingerprint density at radius 3 is 1.27 bits per heavy atom. The predicted octanol–water partition coefficient (Wildman–Crippen LogP) is 11.7. The van der Waals surface area contributed by atoms with Crippen LogP contribution in [0, 0.1) is 0 Å². The van der Waals surface area contributed by atoms with Crippen LogP contribution in [0.3, 0.4) is 0 Å². The molecule has 0 saturated carbocycles. The Bertz CT molecular complexity index is 1550. The zero-order valence-electron chi connectivity index (χ0n) is 23.7. The summed E-state index contributed by atoms with van der Waals surface area (Å²) in [5, 5.41) is 5.44. The molecule has 0 N–H and O–H groups in total. The molecule has 0 spiro atoms. The number of hydrogen-bond donors (Lipinski definition) is 0. The molecule has 3 heteroatoms. The summed E-state index contributed by atoms with van der Waals surface area (Å²) in [6, 6.07) is 43.5. The van der Waals surface area contributed by atoms with E-state index in [1.807, 2.05) is 13.8 Å². The Kier molecular flexibility index (Phi) is 11.3. The van der Waals surface area contributed by atoms with Crippen molar-refractivity contribution in [3.63, 3.8) is 0 Å². The number of hydrogen-bond acceptors (Lipinski definition) is 0. The summed E-state index contributed by atoms with van der Waals surface area (Å²) in [6.07, 6.45) is 2.20. The molecule has 0 fully saturated rings. The molecule has 0 saturated heterocycles. The molecule has 6 aromatic rings. The van der Waals surface area contributed by atoms with Gasteiger partial charge in [-0.1, -0.05) is 97.8 Å². The molecule has 6 rings (SSSR count). The molecule has 0 aliphatic carbocycles. The second-order valence-corrected chi connectivity index (χ2v) is 19.4. The van der Waals surface area contributed by atoms with Gasteiger partial charge in [0, 0.05) is 0 Å². The van der Waals surface area contributed by atoms with Crippen LogP contribution in [0.1, 0.15) is 38.8 Å². The molecule has 0 nitrogen and oxygen atoms in total. The maximum absolute atomic E-state index is 5.54. The van der Waals surface area contributed by atoms with Crippen molar-refractivity contribution in [3.05, 3.63) is 132 Å². The molecule has 0 aromatic heterocycles. The Hall–Kier alpha value is -2.57. The summed E-state index contributed by atoms with van der Waals surface area (Å²) in [6.45, 7) is 8.37. The van der Waals surface area contributed by atoms with Gasteiger partial charge in [0.1, 0.15) is 0 Å². The Morgan fingerprint density at radius 2 is 0.950 bits per heavy atom. The summed E-state index contributed by atoms with van der Waals surface area (Å²) in [7, 11) is 11.1. The molecular weight excluding hydrogens is 607 g/mol. The van der Waals surface area contributed by atoms with E-state index >= 15 is 0 Å². The average Bonchev–Trinajstić information content (AvgIpc) is 3.62. The molecular formula is C37H36Cl2Zr-2. The number of fused-ring (bicyclic) bond motifs is 2. The van der Waals surface area contributed by atoms with Crippen LogP contribution in [0.4, 0.5) is 0 Å². The van der Waals surface area contributed by atoms with E-state index in [-0.39, 0.29) is 0 Å². The number of aryl methyl sites for hydroxylation is 2. The van der Waals surface area contributed by atoms with Gasteiger partial charge < -0.3 is 0 Å². The van der Waals surface area contributed by atoms with Crippen LogP contribution in [0.25, 0.3) is 43.8 Å². The van der Waals surface area contributed by atoms with Crippen molar-refractivity contribution in [3.8, 4) is 22.3 Å². The van der Waals surface area contributed by atoms with Crippen molar-refractivity contribution in [2.75, 3.05) is 0 Å². The molecule has 40 heavy (non-hydrogen) atoms. The van der Waals surface area contributed by atoms with Crippen molar-refractivity contribution in [1.29, 1.82) is 0 Å². The van der Waals surface area contributed by atoms with Gasteiger partial charge in [0.05, 0.1) is 0 Å². The average molecular weight is 643 g/mol. The summed E-state index contributed by atoms with van der Waals surface area (Å²) in [5.74, 6) is 0. The van der Waals surface area contributed by atoms with E-state index in [1.165, 1.54) is 58.1 Å². The number of rotatable bonds is 4. The van der Waals surface area contributed by atoms with E-state index in [1.54, 1.807) is 0 Å². The summed E-state index contributed by atoms with van der Waals surface area (Å²) in [4.78, 5) is 0. The van der Waals surface area contributed by atoms with Crippen molar-refractivity contribution in [1.82, 2.24) is 0 Å². The molecule has 0 atom stereocenters. The third kappa shape index (κ3) is 7.79. The first-order valence-corrected chi connectivity index (χ1v) is 21.4. The zero-order valence-corrected chi connectivity index (χ0v) is 27.7. The van der Waals surface area contributed by atoms with Crippen LogP contribution in [-0.4, -0.2) is 3.21 Å². The number of benzene rings is 4. The first-order valence-electron chi connectivity index (χ1n) is 13.9. The monoisotopic (exact) mass is 640 g/mol. The molecule has 0 aliphatic heterocycles. The SMILES string of the molecule is CCc1cc2c(-c3ccccc3)cccc2[cH-]1.CCc1cc2c(-c3ccccc3)cccc2[cH-]1.C[C](C)=[Zr]([Cl])[Cl]. The van der Waals surface area contributed by atoms with Crippen molar-refractivity contribution in [2.45, 2.75) is 40.5 Å². The second kappa shape index (κ2) is 14.9. The molecule has 0 aliphatic rings. The Labute approximate surface area is 254 Å². The van der Waals surface area contributed by atoms with Gasteiger partial charge in [-0.05, 0) is 24.0 Å². The first-order chi connectivity index (χ1) is 19.4. The summed E-state index contributed by atoms with van der Waals surface area (Å²) < 4.78 is 1.24. The minimum absolute atomic E-state index is 1.10. The van der Waals surface area contributed by atoms with Crippen LogP contribution < -0.4 is 0 Å². The molecule has 6 aromatic carbocycles. The van der Waals surface area contributed by atoms with Gasteiger partial charge in [-0.25, -0.2) is 0 Å². The molecule has 0 radical (unpaired) electrons. The fourth-order valence-electron chi connectivity index (χ4n) is 4.74. The van der Waals surface area contributed by atoms with E-state index in [2.05, 4.69) is 135 Å². The van der Waals surface area contributed by atoms with Crippen LogP contribution in [0.15, 0.2) is 121 Å².